The lowest BCUT2D eigenvalue weighted by Gasteiger charge is -2.09. The van der Waals surface area contributed by atoms with Gasteiger partial charge in [0.05, 0.1) is 7.11 Å². The third-order valence-corrected chi connectivity index (χ3v) is 2.59. The molecule has 0 saturated heterocycles. The van der Waals surface area contributed by atoms with Crippen LogP contribution in [0.3, 0.4) is 0 Å². The molecule has 0 fully saturated rings. The number of nitrogens with zero attached hydrogens (tertiary/aromatic N) is 2. The van der Waals surface area contributed by atoms with E-state index in [0.717, 1.165) is 18.1 Å². The third kappa shape index (κ3) is 2.93. The van der Waals surface area contributed by atoms with E-state index in [0.29, 0.717) is 0 Å². The molecular formula is C13H15N3O. The second kappa shape index (κ2) is 5.30. The van der Waals surface area contributed by atoms with Crippen molar-refractivity contribution in [3.63, 3.8) is 0 Å². The summed E-state index contributed by atoms with van der Waals surface area (Å²) in [5.41, 5.74) is 2.43. The average Bonchev–Trinajstić information content (AvgIpc) is 2.38. The first kappa shape index (κ1) is 11.4. The summed E-state index contributed by atoms with van der Waals surface area (Å²) in [6.45, 7) is 2.81. The lowest BCUT2D eigenvalue weighted by atomic mass is 10.1. The molecule has 2 rings (SSSR count). The van der Waals surface area contributed by atoms with E-state index in [1.165, 1.54) is 17.5 Å². The molecule has 1 aromatic heterocycles. The zero-order valence-corrected chi connectivity index (χ0v) is 9.97. The fourth-order valence-corrected chi connectivity index (χ4v) is 1.57. The number of ether oxygens (including phenoxy) is 1. The fraction of sp³-hybridized carbons (Fsp3) is 0.231. The van der Waals surface area contributed by atoms with Gasteiger partial charge in [-0.15, -0.1) is 0 Å². The molecule has 0 bridgehead atoms. The molecule has 1 N–H and O–H groups in total. The monoisotopic (exact) mass is 229 g/mol. The van der Waals surface area contributed by atoms with Gasteiger partial charge in [-0.25, -0.2) is 9.97 Å². The molecule has 4 nitrogen and oxygen atoms in total. The van der Waals surface area contributed by atoms with Gasteiger partial charge in [0, 0.05) is 12.7 Å². The Hall–Kier alpha value is -2.10. The predicted molar refractivity (Wildman–Crippen MR) is 67.1 cm³/mol. The summed E-state index contributed by atoms with van der Waals surface area (Å²) in [5, 5.41) is 3.25. The van der Waals surface area contributed by atoms with Crippen molar-refractivity contribution >= 4 is 5.82 Å². The number of aromatic nitrogens is 2. The number of hydrogen-bond donors (Lipinski definition) is 1. The van der Waals surface area contributed by atoms with Gasteiger partial charge in [0.1, 0.15) is 17.9 Å². The SMILES string of the molecule is COc1ccc(CNc2ccncn2)c(C)c1. The van der Waals surface area contributed by atoms with Crippen molar-refractivity contribution in [3.8, 4) is 5.75 Å². The van der Waals surface area contributed by atoms with Crippen LogP contribution in [0.2, 0.25) is 0 Å². The maximum atomic E-state index is 5.17. The van der Waals surface area contributed by atoms with Crippen LogP contribution in [0.25, 0.3) is 0 Å². The van der Waals surface area contributed by atoms with Gasteiger partial charge < -0.3 is 10.1 Å². The lowest BCUT2D eigenvalue weighted by molar-refractivity contribution is 0.414. The minimum atomic E-state index is 0.743. The van der Waals surface area contributed by atoms with E-state index >= 15 is 0 Å². The Morgan fingerprint density at radius 3 is 2.82 bits per heavy atom. The van der Waals surface area contributed by atoms with Gasteiger partial charge in [0.15, 0.2) is 0 Å². The van der Waals surface area contributed by atoms with Crippen LogP contribution in [0.4, 0.5) is 5.82 Å². The molecule has 17 heavy (non-hydrogen) atoms. The van der Waals surface area contributed by atoms with E-state index < -0.39 is 0 Å². The minimum absolute atomic E-state index is 0.743. The van der Waals surface area contributed by atoms with E-state index in [1.54, 1.807) is 13.3 Å². The number of aryl methyl sites for hydroxylation is 1. The Bertz CT molecular complexity index is 485. The fourth-order valence-electron chi connectivity index (χ4n) is 1.57. The van der Waals surface area contributed by atoms with Crippen molar-refractivity contribution in [1.82, 2.24) is 9.97 Å². The zero-order valence-electron chi connectivity index (χ0n) is 9.97. The lowest BCUT2D eigenvalue weighted by Crippen LogP contribution is -2.03. The van der Waals surface area contributed by atoms with Gasteiger partial charge in [-0.3, -0.25) is 0 Å². The molecular weight excluding hydrogens is 214 g/mol. The molecule has 0 atom stereocenters. The highest BCUT2D eigenvalue weighted by atomic mass is 16.5. The van der Waals surface area contributed by atoms with Crippen LogP contribution < -0.4 is 10.1 Å². The van der Waals surface area contributed by atoms with Gasteiger partial charge >= 0.3 is 0 Å². The summed E-state index contributed by atoms with van der Waals surface area (Å²) >= 11 is 0. The molecule has 4 heteroatoms. The summed E-state index contributed by atoms with van der Waals surface area (Å²) in [4.78, 5) is 7.98. The number of benzene rings is 1. The van der Waals surface area contributed by atoms with Crippen LogP contribution in [0.1, 0.15) is 11.1 Å². The highest BCUT2D eigenvalue weighted by Crippen LogP contribution is 2.17. The zero-order chi connectivity index (χ0) is 12.1. The summed E-state index contributed by atoms with van der Waals surface area (Å²) in [7, 11) is 1.67. The predicted octanol–water partition coefficient (Wildman–Crippen LogP) is 2.41. The van der Waals surface area contributed by atoms with Crippen LogP contribution in [0.15, 0.2) is 36.8 Å². The van der Waals surface area contributed by atoms with Crippen LogP contribution in [-0.4, -0.2) is 17.1 Å². The summed E-state index contributed by atoms with van der Waals surface area (Å²) in [6, 6.07) is 7.89. The number of nitrogens with one attached hydrogen (secondary N) is 1. The van der Waals surface area contributed by atoms with E-state index in [1.807, 2.05) is 18.2 Å². The molecule has 2 aromatic rings. The Morgan fingerprint density at radius 1 is 1.29 bits per heavy atom. The molecule has 1 heterocycles. The van der Waals surface area contributed by atoms with E-state index in [-0.39, 0.29) is 0 Å². The topological polar surface area (TPSA) is 47.0 Å². The van der Waals surface area contributed by atoms with Crippen molar-refractivity contribution < 1.29 is 4.74 Å². The number of anilines is 1. The van der Waals surface area contributed by atoms with E-state index in [4.69, 9.17) is 4.74 Å². The first-order chi connectivity index (χ1) is 8.29. The van der Waals surface area contributed by atoms with Crippen molar-refractivity contribution in [1.29, 1.82) is 0 Å². The Labute approximate surface area is 101 Å². The molecule has 0 unspecified atom stereocenters. The van der Waals surface area contributed by atoms with Crippen LogP contribution in [-0.2, 0) is 6.54 Å². The quantitative estimate of drug-likeness (QED) is 0.874. The highest BCUT2D eigenvalue weighted by molar-refractivity contribution is 5.39. The number of methoxy groups -OCH3 is 1. The molecule has 0 spiro atoms. The van der Waals surface area contributed by atoms with E-state index in [2.05, 4.69) is 28.3 Å². The van der Waals surface area contributed by atoms with Crippen molar-refractivity contribution in [2.24, 2.45) is 0 Å². The Morgan fingerprint density at radius 2 is 2.18 bits per heavy atom. The largest absolute Gasteiger partial charge is 0.497 e. The van der Waals surface area contributed by atoms with E-state index in [9.17, 15) is 0 Å². The van der Waals surface area contributed by atoms with Gasteiger partial charge in [0.2, 0.25) is 0 Å². The Balaban J connectivity index is 2.04. The maximum Gasteiger partial charge on any atom is 0.129 e. The Kier molecular flexibility index (Phi) is 3.55. The molecule has 88 valence electrons. The number of hydrogen-bond acceptors (Lipinski definition) is 4. The normalized spacial score (nSPS) is 10.0. The van der Waals surface area contributed by atoms with Crippen molar-refractivity contribution in [3.05, 3.63) is 47.9 Å². The third-order valence-electron chi connectivity index (χ3n) is 2.59. The maximum absolute atomic E-state index is 5.17. The summed E-state index contributed by atoms with van der Waals surface area (Å²) in [5.74, 6) is 1.71. The molecule has 0 amide bonds. The molecule has 0 aliphatic heterocycles. The van der Waals surface area contributed by atoms with Gasteiger partial charge in [-0.2, -0.15) is 0 Å². The van der Waals surface area contributed by atoms with Crippen molar-refractivity contribution in [2.75, 3.05) is 12.4 Å². The molecule has 0 aliphatic rings. The second-order valence-corrected chi connectivity index (χ2v) is 3.74. The first-order valence-corrected chi connectivity index (χ1v) is 5.43. The molecule has 0 saturated carbocycles. The standard InChI is InChI=1S/C13H15N3O/c1-10-7-12(17-2)4-3-11(10)8-15-13-5-6-14-9-16-13/h3-7,9H,8H2,1-2H3,(H,14,15,16). The first-order valence-electron chi connectivity index (χ1n) is 5.43. The van der Waals surface area contributed by atoms with Gasteiger partial charge in [-0.1, -0.05) is 6.07 Å². The molecule has 0 aliphatic carbocycles. The summed E-state index contributed by atoms with van der Waals surface area (Å²) in [6.07, 6.45) is 3.25. The highest BCUT2D eigenvalue weighted by Gasteiger charge is 2.00. The second-order valence-electron chi connectivity index (χ2n) is 3.74. The van der Waals surface area contributed by atoms with Gasteiger partial charge in [0.25, 0.3) is 0 Å². The smallest absolute Gasteiger partial charge is 0.129 e. The summed E-state index contributed by atoms with van der Waals surface area (Å²) < 4.78 is 5.17. The van der Waals surface area contributed by atoms with Crippen LogP contribution in [0.5, 0.6) is 5.75 Å². The number of rotatable bonds is 4. The van der Waals surface area contributed by atoms with Crippen molar-refractivity contribution in [2.45, 2.75) is 13.5 Å². The van der Waals surface area contributed by atoms with Crippen LogP contribution >= 0.6 is 0 Å². The van der Waals surface area contributed by atoms with Crippen LogP contribution in [0, 0.1) is 6.92 Å². The molecule has 1 aromatic carbocycles. The molecule has 0 radical (unpaired) electrons. The average molecular weight is 229 g/mol. The van der Waals surface area contributed by atoms with Gasteiger partial charge in [-0.05, 0) is 36.2 Å². The minimum Gasteiger partial charge on any atom is -0.497 e.